The van der Waals surface area contributed by atoms with Crippen molar-refractivity contribution in [3.63, 3.8) is 0 Å². The third kappa shape index (κ3) is 8.55. The van der Waals surface area contributed by atoms with Crippen LogP contribution in [0.15, 0.2) is 59.9 Å². The number of esters is 1. The summed E-state index contributed by atoms with van der Waals surface area (Å²) in [7, 11) is 0. The normalized spacial score (nSPS) is 19.4. The predicted octanol–water partition coefficient (Wildman–Crippen LogP) is 5.12. The van der Waals surface area contributed by atoms with Crippen molar-refractivity contribution in [2.24, 2.45) is 10.4 Å². The lowest BCUT2D eigenvalue weighted by molar-refractivity contribution is -0.157. The third-order valence-electron chi connectivity index (χ3n) is 7.76. The topological polar surface area (TPSA) is 92.2 Å². The first kappa shape index (κ1) is 32.6. The summed E-state index contributed by atoms with van der Waals surface area (Å²) in [6.07, 6.45) is 6.82. The van der Waals surface area contributed by atoms with Crippen LogP contribution in [0.1, 0.15) is 63.6 Å². The maximum Gasteiger partial charge on any atom is 0.328 e. The lowest BCUT2D eigenvalue weighted by atomic mass is 9.84. The maximum absolute atomic E-state index is 12.5. The van der Waals surface area contributed by atoms with E-state index in [-0.39, 0.29) is 12.4 Å². The number of aryl methyl sites for hydroxylation is 1. The third-order valence-corrected chi connectivity index (χ3v) is 8.77. The second kappa shape index (κ2) is 15.4. The number of carbonyl (C=O) groups is 3. The molecule has 4 heterocycles. The molecule has 3 aliphatic heterocycles. The Labute approximate surface area is 253 Å². The molecule has 5 rings (SSSR count). The Morgan fingerprint density at radius 1 is 1.10 bits per heavy atom. The zero-order chi connectivity index (χ0) is 28.5. The Morgan fingerprint density at radius 2 is 1.88 bits per heavy atom. The number of benzene rings is 1. The van der Waals surface area contributed by atoms with Gasteiger partial charge in [0.2, 0.25) is 5.78 Å². The van der Waals surface area contributed by atoms with Crippen molar-refractivity contribution in [1.29, 1.82) is 0 Å². The number of carbonyl (C=O) groups excluding carboxylic acids is 3. The molecule has 1 amide bonds. The Morgan fingerprint density at radius 3 is 2.56 bits per heavy atom. The molecule has 2 atom stereocenters. The average Bonchev–Trinajstić information content (AvgIpc) is 3.73. The fourth-order valence-corrected chi connectivity index (χ4v) is 5.93. The van der Waals surface area contributed by atoms with Gasteiger partial charge in [0.25, 0.3) is 5.91 Å². The summed E-state index contributed by atoms with van der Waals surface area (Å²) in [6, 6.07) is 14.2. The minimum Gasteiger partial charge on any atom is -0.464 e. The largest absolute Gasteiger partial charge is 0.464 e. The van der Waals surface area contributed by atoms with E-state index < -0.39 is 29.1 Å². The lowest BCUT2D eigenvalue weighted by Crippen LogP contribution is -2.48. The number of Topliss-reactive ketones (excluding diaryl/α,β-unsaturated/α-hetero) is 1. The molecule has 0 N–H and O–H groups in total. The highest BCUT2D eigenvalue weighted by Crippen LogP contribution is 2.32. The van der Waals surface area contributed by atoms with Crippen LogP contribution in [0.5, 0.6) is 0 Å². The monoisotopic (exact) mass is 600 g/mol. The summed E-state index contributed by atoms with van der Waals surface area (Å²) >= 11 is 1.89. The van der Waals surface area contributed by atoms with Gasteiger partial charge >= 0.3 is 5.97 Å². The van der Waals surface area contributed by atoms with Crippen molar-refractivity contribution < 1.29 is 19.1 Å². The van der Waals surface area contributed by atoms with Gasteiger partial charge in [-0.15, -0.1) is 12.4 Å². The molecule has 2 unspecified atom stereocenters. The van der Waals surface area contributed by atoms with E-state index in [1.165, 1.54) is 27.9 Å². The average molecular weight is 601 g/mol. The van der Waals surface area contributed by atoms with Crippen molar-refractivity contribution in [2.75, 3.05) is 32.0 Å². The molecular weight excluding hydrogens is 560 g/mol. The number of amides is 1. The van der Waals surface area contributed by atoms with E-state index in [1.807, 2.05) is 30.8 Å². The summed E-state index contributed by atoms with van der Waals surface area (Å²) in [5.41, 5.74) is 1.72. The van der Waals surface area contributed by atoms with Crippen LogP contribution in [0.25, 0.3) is 0 Å². The molecular formula is C31H41ClN4O4S. The van der Waals surface area contributed by atoms with Gasteiger partial charge in [0.05, 0.1) is 12.6 Å². The Kier molecular flexibility index (Phi) is 12.2. The Hall–Kier alpha value is -2.91. The first-order chi connectivity index (χ1) is 19.3. The molecule has 2 aromatic rings. The number of hydrogen-bond acceptors (Lipinski definition) is 8. The molecule has 222 valence electrons. The van der Waals surface area contributed by atoms with Gasteiger partial charge in [0, 0.05) is 43.2 Å². The van der Waals surface area contributed by atoms with Gasteiger partial charge in [-0.05, 0) is 49.3 Å². The van der Waals surface area contributed by atoms with E-state index in [2.05, 4.69) is 40.2 Å². The summed E-state index contributed by atoms with van der Waals surface area (Å²) < 4.78 is 5.36. The first-order valence-corrected chi connectivity index (χ1v) is 15.2. The van der Waals surface area contributed by atoms with Crippen LogP contribution < -0.4 is 0 Å². The molecule has 0 spiro atoms. The number of thioether (sulfide) groups is 1. The van der Waals surface area contributed by atoms with Crippen LogP contribution in [0.3, 0.4) is 0 Å². The summed E-state index contributed by atoms with van der Waals surface area (Å²) in [6.45, 7) is 8.37. The van der Waals surface area contributed by atoms with Crippen molar-refractivity contribution in [3.05, 3.63) is 66.0 Å². The quantitative estimate of drug-likeness (QED) is 0.224. The molecule has 10 heteroatoms. The molecule has 0 bridgehead atoms. The molecule has 41 heavy (non-hydrogen) atoms. The number of aliphatic imine (C=N–C) groups is 1. The number of aromatic nitrogens is 1. The maximum atomic E-state index is 12.5. The van der Waals surface area contributed by atoms with E-state index >= 15 is 0 Å². The van der Waals surface area contributed by atoms with Crippen LogP contribution in [0.2, 0.25) is 0 Å². The van der Waals surface area contributed by atoms with Crippen LogP contribution in [-0.4, -0.2) is 75.6 Å². The molecule has 2 fully saturated rings. The number of halogens is 1. The fraction of sp³-hybridized carbons (Fsp3) is 0.516. The van der Waals surface area contributed by atoms with E-state index in [9.17, 15) is 14.4 Å². The number of nitrogens with zero attached hydrogens (tertiary/aromatic N) is 4. The summed E-state index contributed by atoms with van der Waals surface area (Å²) in [5, 5.41) is 1.25. The second-order valence-electron chi connectivity index (χ2n) is 11.0. The van der Waals surface area contributed by atoms with Gasteiger partial charge in [-0.1, -0.05) is 68.9 Å². The van der Waals surface area contributed by atoms with Crippen molar-refractivity contribution >= 4 is 47.0 Å². The molecule has 0 aliphatic carbocycles. The van der Waals surface area contributed by atoms with Crippen LogP contribution >= 0.6 is 24.2 Å². The van der Waals surface area contributed by atoms with Gasteiger partial charge in [0.15, 0.2) is 5.17 Å². The zero-order valence-electron chi connectivity index (χ0n) is 24.2. The minimum absolute atomic E-state index is 0. The number of rotatable bonds is 9. The molecule has 0 saturated carbocycles. The van der Waals surface area contributed by atoms with Gasteiger partial charge < -0.3 is 14.5 Å². The van der Waals surface area contributed by atoms with Crippen molar-refractivity contribution in [3.8, 4) is 0 Å². The highest BCUT2D eigenvalue weighted by atomic mass is 35.5. The molecule has 3 aliphatic rings. The number of pyridine rings is 1. The number of fused-ring (bicyclic) bond motifs is 1. The van der Waals surface area contributed by atoms with Crippen LogP contribution in [0.4, 0.5) is 0 Å². The standard InChI is InChI=1S/C20H28N2O4.C11H12N2S.ClH/c1-4-20(2,3)17(23)18(24)22-12-6-10-16(22)19(25)26-13-7-9-15-8-5-11-21-14-15;1-2-4-9(5-3-1)10-8-13-6-7-14-11(13)12-10;/h5,8,11,14,16H,4,6-7,9-10,12-13H2,1-3H3;1-5,10H,6-8H2;1H. The number of amidine groups is 1. The molecule has 8 nitrogen and oxygen atoms in total. The highest BCUT2D eigenvalue weighted by Gasteiger charge is 2.41. The van der Waals surface area contributed by atoms with Gasteiger partial charge in [-0.25, -0.2) is 4.79 Å². The van der Waals surface area contributed by atoms with Crippen LogP contribution in [0, 0.1) is 5.41 Å². The zero-order valence-corrected chi connectivity index (χ0v) is 25.8. The molecule has 1 aromatic heterocycles. The molecule has 2 saturated heterocycles. The van der Waals surface area contributed by atoms with Gasteiger partial charge in [0.1, 0.15) is 6.04 Å². The lowest BCUT2D eigenvalue weighted by Gasteiger charge is -2.27. The van der Waals surface area contributed by atoms with E-state index in [1.54, 1.807) is 26.2 Å². The number of ketones is 1. The first-order valence-electron chi connectivity index (χ1n) is 14.2. The van der Waals surface area contributed by atoms with Gasteiger partial charge in [-0.2, -0.15) is 0 Å². The molecule has 0 radical (unpaired) electrons. The Bertz CT molecular complexity index is 1200. The SMILES string of the molecule is CCC(C)(C)C(=O)C(=O)N1CCCC1C(=O)OCCCc1cccnc1.Cl.c1ccc(C2CN3CCSC3=N2)cc1. The fourth-order valence-electron chi connectivity index (χ4n) is 4.89. The second-order valence-corrected chi connectivity index (χ2v) is 12.1. The highest BCUT2D eigenvalue weighted by molar-refractivity contribution is 8.14. The number of hydrogen-bond donors (Lipinski definition) is 0. The smallest absolute Gasteiger partial charge is 0.328 e. The van der Waals surface area contributed by atoms with E-state index in [4.69, 9.17) is 9.73 Å². The van der Waals surface area contributed by atoms with Crippen molar-refractivity contribution in [1.82, 2.24) is 14.8 Å². The summed E-state index contributed by atoms with van der Waals surface area (Å²) in [5.74, 6) is -0.201. The number of ether oxygens (including phenoxy) is 1. The Balaban J connectivity index is 0.000000257. The van der Waals surface area contributed by atoms with E-state index in [0.29, 0.717) is 44.9 Å². The predicted molar refractivity (Wildman–Crippen MR) is 165 cm³/mol. The number of likely N-dealkylation sites (tertiary alicyclic amines) is 1. The van der Waals surface area contributed by atoms with E-state index in [0.717, 1.165) is 18.5 Å². The summed E-state index contributed by atoms with van der Waals surface area (Å²) in [4.78, 5) is 49.9. The van der Waals surface area contributed by atoms with Crippen LogP contribution in [-0.2, 0) is 25.5 Å². The minimum atomic E-state index is -0.710. The molecule has 1 aromatic carbocycles. The van der Waals surface area contributed by atoms with Crippen molar-refractivity contribution in [2.45, 2.75) is 65.0 Å². The van der Waals surface area contributed by atoms with Gasteiger partial charge in [-0.3, -0.25) is 19.6 Å².